The van der Waals surface area contributed by atoms with E-state index in [0.29, 0.717) is 5.16 Å². The SMILES string of the molecule is COc1ccccc1-n1nnnc1SCc1cccc2cccnc12. The molecule has 0 saturated carbocycles. The Morgan fingerprint density at radius 3 is 2.84 bits per heavy atom. The Hall–Kier alpha value is -2.93. The first kappa shape index (κ1) is 15.6. The second kappa shape index (κ2) is 6.90. The van der Waals surface area contributed by atoms with Crippen LogP contribution in [0.1, 0.15) is 5.56 Å². The molecule has 0 aliphatic carbocycles. The summed E-state index contributed by atoms with van der Waals surface area (Å²) in [6, 6.07) is 17.9. The molecule has 2 aromatic heterocycles. The van der Waals surface area contributed by atoms with Crippen LogP contribution in [0.5, 0.6) is 5.75 Å². The third kappa shape index (κ3) is 3.06. The van der Waals surface area contributed by atoms with Gasteiger partial charge in [-0.05, 0) is 34.2 Å². The van der Waals surface area contributed by atoms with Crippen LogP contribution in [0.3, 0.4) is 0 Å². The van der Waals surface area contributed by atoms with Gasteiger partial charge in [-0.3, -0.25) is 4.98 Å². The Morgan fingerprint density at radius 2 is 1.92 bits per heavy atom. The number of hydrogen-bond donors (Lipinski definition) is 0. The van der Waals surface area contributed by atoms with Crippen LogP contribution in [0.25, 0.3) is 16.6 Å². The van der Waals surface area contributed by atoms with E-state index in [-0.39, 0.29) is 0 Å². The lowest BCUT2D eigenvalue weighted by Crippen LogP contribution is -2.02. The summed E-state index contributed by atoms with van der Waals surface area (Å²) in [4.78, 5) is 4.50. The predicted molar refractivity (Wildman–Crippen MR) is 97.0 cm³/mol. The number of ether oxygens (including phenoxy) is 1. The van der Waals surface area contributed by atoms with Gasteiger partial charge in [-0.1, -0.05) is 48.2 Å². The predicted octanol–water partition coefficient (Wildman–Crippen LogP) is 3.51. The Morgan fingerprint density at radius 1 is 1.04 bits per heavy atom. The maximum absolute atomic E-state index is 5.41. The molecule has 0 unspecified atom stereocenters. The number of tetrazole rings is 1. The first-order valence-electron chi connectivity index (χ1n) is 7.74. The van der Waals surface area contributed by atoms with Crippen molar-refractivity contribution in [2.75, 3.05) is 7.11 Å². The van der Waals surface area contributed by atoms with Gasteiger partial charge in [0.05, 0.1) is 12.6 Å². The summed E-state index contributed by atoms with van der Waals surface area (Å²) in [6.45, 7) is 0. The van der Waals surface area contributed by atoms with Gasteiger partial charge < -0.3 is 4.74 Å². The zero-order valence-corrected chi connectivity index (χ0v) is 14.3. The fraction of sp³-hybridized carbons (Fsp3) is 0.111. The molecule has 4 rings (SSSR count). The van der Waals surface area contributed by atoms with Crippen molar-refractivity contribution in [2.24, 2.45) is 0 Å². The Kier molecular flexibility index (Phi) is 4.30. The summed E-state index contributed by atoms with van der Waals surface area (Å²) in [5, 5.41) is 13.9. The lowest BCUT2D eigenvalue weighted by Gasteiger charge is -2.09. The smallest absolute Gasteiger partial charge is 0.214 e. The van der Waals surface area contributed by atoms with Crippen LogP contribution in [0.4, 0.5) is 0 Å². The second-order valence-electron chi connectivity index (χ2n) is 5.33. The molecule has 0 fully saturated rings. The summed E-state index contributed by atoms with van der Waals surface area (Å²) in [5.41, 5.74) is 2.97. The number of fused-ring (bicyclic) bond motifs is 1. The van der Waals surface area contributed by atoms with E-state index < -0.39 is 0 Å². The number of benzene rings is 2. The van der Waals surface area contributed by atoms with E-state index in [1.807, 2.05) is 42.6 Å². The van der Waals surface area contributed by atoms with E-state index in [4.69, 9.17) is 4.74 Å². The molecule has 4 aromatic rings. The molecular weight excluding hydrogens is 334 g/mol. The highest BCUT2D eigenvalue weighted by atomic mass is 32.2. The highest BCUT2D eigenvalue weighted by Gasteiger charge is 2.13. The normalized spacial score (nSPS) is 10.9. The highest BCUT2D eigenvalue weighted by molar-refractivity contribution is 7.98. The fourth-order valence-electron chi connectivity index (χ4n) is 2.65. The van der Waals surface area contributed by atoms with Crippen molar-refractivity contribution in [3.05, 3.63) is 66.4 Å². The van der Waals surface area contributed by atoms with Gasteiger partial charge in [-0.2, -0.15) is 4.68 Å². The van der Waals surface area contributed by atoms with Gasteiger partial charge in [-0.25, -0.2) is 0 Å². The van der Waals surface area contributed by atoms with Gasteiger partial charge in [0.25, 0.3) is 0 Å². The summed E-state index contributed by atoms with van der Waals surface area (Å²) in [6.07, 6.45) is 1.81. The zero-order valence-electron chi connectivity index (χ0n) is 13.5. The highest BCUT2D eigenvalue weighted by Crippen LogP contribution is 2.28. The van der Waals surface area contributed by atoms with Crippen LogP contribution in [0.15, 0.2) is 66.0 Å². The molecule has 0 aliphatic heterocycles. The standard InChI is InChI=1S/C18H15N5OS/c1-24-16-10-3-2-9-15(16)23-18(20-21-22-23)25-12-14-7-4-6-13-8-5-11-19-17(13)14/h2-11H,12H2,1H3. The van der Waals surface area contributed by atoms with E-state index >= 15 is 0 Å². The average molecular weight is 349 g/mol. The minimum Gasteiger partial charge on any atom is -0.494 e. The molecule has 0 saturated heterocycles. The van der Waals surface area contributed by atoms with Crippen LogP contribution in [-0.2, 0) is 5.75 Å². The van der Waals surface area contributed by atoms with E-state index in [9.17, 15) is 0 Å². The first-order valence-corrected chi connectivity index (χ1v) is 8.72. The topological polar surface area (TPSA) is 65.7 Å². The van der Waals surface area contributed by atoms with Crippen molar-refractivity contribution in [2.45, 2.75) is 10.9 Å². The summed E-state index contributed by atoms with van der Waals surface area (Å²) in [5.74, 6) is 1.45. The molecule has 0 N–H and O–H groups in total. The van der Waals surface area contributed by atoms with E-state index in [1.165, 1.54) is 0 Å². The van der Waals surface area contributed by atoms with Crippen molar-refractivity contribution < 1.29 is 4.74 Å². The van der Waals surface area contributed by atoms with Gasteiger partial charge in [0.15, 0.2) is 0 Å². The Bertz CT molecular complexity index is 1010. The molecule has 0 radical (unpaired) electrons. The molecule has 0 amide bonds. The monoisotopic (exact) mass is 349 g/mol. The third-order valence-electron chi connectivity index (χ3n) is 3.83. The van der Waals surface area contributed by atoms with Crippen molar-refractivity contribution in [3.8, 4) is 11.4 Å². The second-order valence-corrected chi connectivity index (χ2v) is 6.27. The first-order chi connectivity index (χ1) is 12.4. The minimum absolute atomic E-state index is 0.706. The van der Waals surface area contributed by atoms with Crippen molar-refractivity contribution in [1.82, 2.24) is 25.2 Å². The largest absolute Gasteiger partial charge is 0.494 e. The molecule has 0 atom stereocenters. The number of hydrogen-bond acceptors (Lipinski definition) is 6. The maximum Gasteiger partial charge on any atom is 0.214 e. The number of pyridine rings is 1. The molecule has 7 heteroatoms. The van der Waals surface area contributed by atoms with Crippen LogP contribution in [0, 0.1) is 0 Å². The number of methoxy groups -OCH3 is 1. The number of rotatable bonds is 5. The van der Waals surface area contributed by atoms with Crippen LogP contribution < -0.4 is 4.74 Å². The van der Waals surface area contributed by atoms with Crippen LogP contribution in [0.2, 0.25) is 0 Å². The van der Waals surface area contributed by atoms with Crippen LogP contribution >= 0.6 is 11.8 Å². The van der Waals surface area contributed by atoms with E-state index in [0.717, 1.165) is 33.7 Å². The van der Waals surface area contributed by atoms with Crippen molar-refractivity contribution >= 4 is 22.7 Å². The molecule has 0 bridgehead atoms. The molecule has 124 valence electrons. The molecule has 0 aliphatic rings. The molecular formula is C18H15N5OS. The van der Waals surface area contributed by atoms with Gasteiger partial charge in [0, 0.05) is 17.3 Å². The Labute approximate surface area is 148 Å². The average Bonchev–Trinajstić information content (AvgIpc) is 3.14. The number of thioether (sulfide) groups is 1. The number of para-hydroxylation sites is 3. The van der Waals surface area contributed by atoms with Gasteiger partial charge in [0.2, 0.25) is 5.16 Å². The Balaban J connectivity index is 1.64. The quantitative estimate of drug-likeness (QED) is 0.514. The molecule has 0 spiro atoms. The maximum atomic E-state index is 5.41. The zero-order chi connectivity index (χ0) is 17.1. The van der Waals surface area contributed by atoms with E-state index in [2.05, 4.69) is 38.7 Å². The lowest BCUT2D eigenvalue weighted by atomic mass is 10.1. The molecule has 2 heterocycles. The fourth-order valence-corrected chi connectivity index (χ4v) is 3.52. The van der Waals surface area contributed by atoms with Crippen molar-refractivity contribution in [1.29, 1.82) is 0 Å². The summed E-state index contributed by atoms with van der Waals surface area (Å²) in [7, 11) is 1.64. The minimum atomic E-state index is 0.706. The van der Waals surface area contributed by atoms with E-state index in [1.54, 1.807) is 23.6 Å². The van der Waals surface area contributed by atoms with Gasteiger partial charge >= 0.3 is 0 Å². The molecule has 2 aromatic carbocycles. The molecule has 6 nitrogen and oxygen atoms in total. The molecule has 25 heavy (non-hydrogen) atoms. The number of aromatic nitrogens is 5. The van der Waals surface area contributed by atoms with Crippen LogP contribution in [-0.4, -0.2) is 32.3 Å². The number of nitrogens with zero attached hydrogens (tertiary/aromatic N) is 5. The summed E-state index contributed by atoms with van der Waals surface area (Å²) >= 11 is 1.57. The lowest BCUT2D eigenvalue weighted by molar-refractivity contribution is 0.410. The third-order valence-corrected chi connectivity index (χ3v) is 4.80. The van der Waals surface area contributed by atoms with Gasteiger partial charge in [0.1, 0.15) is 11.4 Å². The van der Waals surface area contributed by atoms with Crippen molar-refractivity contribution in [3.63, 3.8) is 0 Å². The summed E-state index contributed by atoms with van der Waals surface area (Å²) < 4.78 is 7.11. The van der Waals surface area contributed by atoms with Gasteiger partial charge in [-0.15, -0.1) is 5.10 Å².